The van der Waals surface area contributed by atoms with Gasteiger partial charge in [0.05, 0.1) is 11.6 Å². The molecule has 0 radical (unpaired) electrons. The molecule has 0 aliphatic heterocycles. The van der Waals surface area contributed by atoms with Gasteiger partial charge in [-0.25, -0.2) is 9.59 Å². The molecule has 0 heterocycles. The lowest BCUT2D eigenvalue weighted by Crippen LogP contribution is -2.42. The molecule has 0 bridgehead atoms. The van der Waals surface area contributed by atoms with Gasteiger partial charge >= 0.3 is 12.0 Å². The third-order valence-corrected chi connectivity index (χ3v) is 2.26. The second-order valence-electron chi connectivity index (χ2n) is 3.59. The number of rotatable bonds is 4. The van der Waals surface area contributed by atoms with Gasteiger partial charge in [-0.15, -0.1) is 0 Å². The molecule has 0 unspecified atom stereocenters. The molecule has 18 heavy (non-hydrogen) atoms. The molecule has 0 aliphatic carbocycles. The largest absolute Gasteiger partial charge is 0.480 e. The zero-order valence-corrected chi connectivity index (χ0v) is 9.80. The number of nitrogens with one attached hydrogen (secondary N) is 2. The van der Waals surface area contributed by atoms with Crippen molar-refractivity contribution >= 4 is 17.7 Å². The summed E-state index contributed by atoms with van der Waals surface area (Å²) in [5.74, 6) is -1.08. The maximum absolute atomic E-state index is 11.5. The number of carbonyl (C=O) groups is 2. The minimum Gasteiger partial charge on any atom is -0.480 e. The van der Waals surface area contributed by atoms with Crippen LogP contribution in [-0.2, 0) is 4.79 Å². The van der Waals surface area contributed by atoms with E-state index >= 15 is 0 Å². The van der Waals surface area contributed by atoms with E-state index < -0.39 is 18.0 Å². The fraction of sp³-hybridized carbons (Fsp3) is 0.250. The van der Waals surface area contributed by atoms with E-state index in [0.717, 1.165) is 0 Å². The Balaban J connectivity index is 2.64. The van der Waals surface area contributed by atoms with Crippen LogP contribution in [0.15, 0.2) is 24.3 Å². The van der Waals surface area contributed by atoms with Crippen molar-refractivity contribution in [1.29, 1.82) is 5.26 Å². The lowest BCUT2D eigenvalue weighted by molar-refractivity contribution is -0.139. The van der Waals surface area contributed by atoms with Crippen LogP contribution in [0, 0.1) is 11.3 Å². The normalized spacial score (nSPS) is 11.1. The van der Waals surface area contributed by atoms with Crippen LogP contribution >= 0.6 is 0 Å². The summed E-state index contributed by atoms with van der Waals surface area (Å²) in [5, 5.41) is 22.3. The fourth-order valence-electron chi connectivity index (χ4n) is 1.33. The number of carboxylic acids is 1. The Morgan fingerprint density at radius 2 is 2.22 bits per heavy atom. The molecule has 94 valence electrons. The molecule has 0 saturated carbocycles. The molecule has 0 saturated heterocycles. The summed E-state index contributed by atoms with van der Waals surface area (Å²) >= 11 is 0. The molecule has 3 N–H and O–H groups in total. The molecule has 0 aromatic heterocycles. The summed E-state index contributed by atoms with van der Waals surface area (Å²) in [6.45, 7) is 1.66. The summed E-state index contributed by atoms with van der Waals surface area (Å²) in [6, 6.07) is 6.76. The van der Waals surface area contributed by atoms with Gasteiger partial charge in [-0.1, -0.05) is 13.0 Å². The van der Waals surface area contributed by atoms with Crippen molar-refractivity contribution in [1.82, 2.24) is 5.32 Å². The monoisotopic (exact) mass is 247 g/mol. The van der Waals surface area contributed by atoms with Gasteiger partial charge < -0.3 is 15.7 Å². The minimum atomic E-state index is -1.08. The predicted molar refractivity (Wildman–Crippen MR) is 65.0 cm³/mol. The molecular formula is C12H13N3O3. The van der Waals surface area contributed by atoms with Crippen molar-refractivity contribution in [2.24, 2.45) is 0 Å². The Bertz CT molecular complexity index is 494. The average Bonchev–Trinajstić information content (AvgIpc) is 2.35. The number of hydrogen-bond donors (Lipinski definition) is 3. The minimum absolute atomic E-state index is 0.293. The highest BCUT2D eigenvalue weighted by Gasteiger charge is 2.17. The van der Waals surface area contributed by atoms with Crippen molar-refractivity contribution in [2.45, 2.75) is 19.4 Å². The van der Waals surface area contributed by atoms with E-state index in [2.05, 4.69) is 10.6 Å². The summed E-state index contributed by atoms with van der Waals surface area (Å²) in [7, 11) is 0. The van der Waals surface area contributed by atoms with Crippen LogP contribution in [0.3, 0.4) is 0 Å². The van der Waals surface area contributed by atoms with Gasteiger partial charge in [0.25, 0.3) is 0 Å². The van der Waals surface area contributed by atoms with Crippen LogP contribution < -0.4 is 10.6 Å². The Morgan fingerprint density at radius 3 is 2.78 bits per heavy atom. The number of benzene rings is 1. The molecule has 1 aromatic rings. The first-order valence-corrected chi connectivity index (χ1v) is 5.37. The molecule has 1 rings (SSSR count). The van der Waals surface area contributed by atoms with E-state index in [1.165, 1.54) is 6.07 Å². The number of hydrogen-bond acceptors (Lipinski definition) is 3. The first kappa shape index (κ1) is 13.5. The van der Waals surface area contributed by atoms with Crippen LogP contribution in [0.2, 0.25) is 0 Å². The Kier molecular flexibility index (Phi) is 4.69. The van der Waals surface area contributed by atoms with Gasteiger partial charge in [0, 0.05) is 5.69 Å². The standard InChI is InChI=1S/C12H13N3O3/c1-2-10(11(16)17)15-12(18)14-9-5-3-4-8(6-9)7-13/h3-6,10H,2H2,1H3,(H,16,17)(H2,14,15,18)/t10-/m0/s1. The van der Waals surface area contributed by atoms with E-state index in [1.807, 2.05) is 6.07 Å². The number of anilines is 1. The highest BCUT2D eigenvalue weighted by Crippen LogP contribution is 2.09. The van der Waals surface area contributed by atoms with E-state index in [9.17, 15) is 9.59 Å². The van der Waals surface area contributed by atoms with E-state index in [1.54, 1.807) is 25.1 Å². The summed E-state index contributed by atoms with van der Waals surface area (Å²) in [5.41, 5.74) is 0.852. The number of aliphatic carboxylic acids is 1. The molecule has 6 nitrogen and oxygen atoms in total. The summed E-state index contributed by atoms with van der Waals surface area (Å²) in [4.78, 5) is 22.3. The smallest absolute Gasteiger partial charge is 0.326 e. The fourth-order valence-corrected chi connectivity index (χ4v) is 1.33. The Morgan fingerprint density at radius 1 is 1.50 bits per heavy atom. The highest BCUT2D eigenvalue weighted by atomic mass is 16.4. The summed E-state index contributed by atoms with van der Waals surface area (Å²) < 4.78 is 0. The first-order chi connectivity index (χ1) is 8.56. The number of nitrogens with zero attached hydrogens (tertiary/aromatic N) is 1. The maximum Gasteiger partial charge on any atom is 0.326 e. The zero-order valence-electron chi connectivity index (χ0n) is 9.80. The Hall–Kier alpha value is -2.55. The molecule has 6 heteroatoms. The first-order valence-electron chi connectivity index (χ1n) is 5.37. The lowest BCUT2D eigenvalue weighted by Gasteiger charge is -2.13. The molecule has 2 amide bonds. The number of amides is 2. The second-order valence-corrected chi connectivity index (χ2v) is 3.59. The van der Waals surface area contributed by atoms with Crippen molar-refractivity contribution < 1.29 is 14.7 Å². The molecule has 0 fully saturated rings. The number of nitriles is 1. The van der Waals surface area contributed by atoms with Gasteiger partial charge in [-0.2, -0.15) is 5.26 Å². The van der Waals surface area contributed by atoms with Crippen molar-refractivity contribution in [3.8, 4) is 6.07 Å². The summed E-state index contributed by atoms with van der Waals surface area (Å²) in [6.07, 6.45) is 0.293. The lowest BCUT2D eigenvalue weighted by atomic mass is 10.2. The number of carbonyl (C=O) groups excluding carboxylic acids is 1. The third kappa shape index (κ3) is 3.79. The second kappa shape index (κ2) is 6.25. The molecule has 0 spiro atoms. The van der Waals surface area contributed by atoms with E-state index in [-0.39, 0.29) is 0 Å². The van der Waals surface area contributed by atoms with Gasteiger partial charge in [0.2, 0.25) is 0 Å². The maximum atomic E-state index is 11.5. The quantitative estimate of drug-likeness (QED) is 0.750. The van der Waals surface area contributed by atoms with Crippen molar-refractivity contribution in [3.05, 3.63) is 29.8 Å². The SMILES string of the molecule is CC[C@H](NC(=O)Nc1cccc(C#N)c1)C(=O)O. The van der Waals surface area contributed by atoms with Crippen LogP contribution in [0.5, 0.6) is 0 Å². The number of carboxylic acid groups (broad SMARTS) is 1. The number of urea groups is 1. The third-order valence-electron chi connectivity index (χ3n) is 2.26. The van der Waals surface area contributed by atoms with Crippen LogP contribution in [0.25, 0.3) is 0 Å². The topological polar surface area (TPSA) is 102 Å². The molecule has 1 atom stereocenters. The van der Waals surface area contributed by atoms with Crippen LogP contribution in [0.4, 0.5) is 10.5 Å². The van der Waals surface area contributed by atoms with Gasteiger partial charge in [0.1, 0.15) is 6.04 Å². The highest BCUT2D eigenvalue weighted by molar-refractivity contribution is 5.92. The van der Waals surface area contributed by atoms with Crippen LogP contribution in [0.1, 0.15) is 18.9 Å². The predicted octanol–water partition coefficient (Wildman–Crippen LogP) is 1.54. The zero-order chi connectivity index (χ0) is 13.5. The van der Waals surface area contributed by atoms with Crippen molar-refractivity contribution in [2.75, 3.05) is 5.32 Å². The van der Waals surface area contributed by atoms with Crippen molar-refractivity contribution in [3.63, 3.8) is 0 Å². The van der Waals surface area contributed by atoms with Gasteiger partial charge in [-0.05, 0) is 24.6 Å². The molecule has 1 aromatic carbocycles. The van der Waals surface area contributed by atoms with Crippen LogP contribution in [-0.4, -0.2) is 23.1 Å². The molecular weight excluding hydrogens is 234 g/mol. The Labute approximate surface area is 104 Å². The van der Waals surface area contributed by atoms with E-state index in [0.29, 0.717) is 17.7 Å². The van der Waals surface area contributed by atoms with E-state index in [4.69, 9.17) is 10.4 Å². The average molecular weight is 247 g/mol. The molecule has 0 aliphatic rings. The van der Waals surface area contributed by atoms with Gasteiger partial charge in [0.15, 0.2) is 0 Å². The van der Waals surface area contributed by atoms with Gasteiger partial charge in [-0.3, -0.25) is 0 Å².